The topological polar surface area (TPSA) is 41.1 Å². The monoisotopic (exact) mass is 276 g/mol. The molecule has 15 heavy (non-hydrogen) atoms. The lowest BCUT2D eigenvalue weighted by Gasteiger charge is -2.19. The summed E-state index contributed by atoms with van der Waals surface area (Å²) in [6, 6.07) is 0.105. The first-order chi connectivity index (χ1) is 7.01. The van der Waals surface area contributed by atoms with Crippen LogP contribution in [-0.4, -0.2) is 24.5 Å². The fourth-order valence-electron chi connectivity index (χ4n) is 1.18. The van der Waals surface area contributed by atoms with Crippen LogP contribution in [0.15, 0.2) is 11.1 Å². The Kier molecular flexibility index (Phi) is 7.70. The van der Waals surface area contributed by atoms with Crippen LogP contribution in [0.1, 0.15) is 33.6 Å². The maximum Gasteiger partial charge on any atom is 0.237 e. The molecule has 0 saturated carbocycles. The summed E-state index contributed by atoms with van der Waals surface area (Å²) >= 11 is 3.24. The lowest BCUT2D eigenvalue weighted by Crippen LogP contribution is -2.46. The van der Waals surface area contributed by atoms with Crippen LogP contribution in [0.4, 0.5) is 0 Å². The van der Waals surface area contributed by atoms with Crippen molar-refractivity contribution < 1.29 is 4.79 Å². The van der Waals surface area contributed by atoms with Crippen LogP contribution in [0.5, 0.6) is 0 Å². The highest BCUT2D eigenvalue weighted by Crippen LogP contribution is 1.99. The van der Waals surface area contributed by atoms with Gasteiger partial charge in [0, 0.05) is 17.1 Å². The van der Waals surface area contributed by atoms with Gasteiger partial charge in [0.15, 0.2) is 0 Å². The van der Waals surface area contributed by atoms with E-state index < -0.39 is 0 Å². The molecule has 3 nitrogen and oxygen atoms in total. The second kappa shape index (κ2) is 7.88. The molecule has 0 aromatic carbocycles. The standard InChI is InChI=1S/C11H21BrN2O/c1-5-10(6-2)14-11(15)9(4)13-7-8(3)12/h9-10,13H,3,5-7H2,1-2,4H3,(H,14,15). The molecule has 0 aliphatic carbocycles. The average molecular weight is 277 g/mol. The molecule has 0 aromatic rings. The van der Waals surface area contributed by atoms with Crippen molar-refractivity contribution in [2.45, 2.75) is 45.7 Å². The quantitative estimate of drug-likeness (QED) is 0.749. The van der Waals surface area contributed by atoms with Gasteiger partial charge in [-0.15, -0.1) is 0 Å². The van der Waals surface area contributed by atoms with Crippen LogP contribution in [0.2, 0.25) is 0 Å². The molecule has 1 amide bonds. The number of hydrogen-bond donors (Lipinski definition) is 2. The third-order valence-corrected chi connectivity index (χ3v) is 2.61. The van der Waals surface area contributed by atoms with Gasteiger partial charge in [-0.05, 0) is 19.8 Å². The normalized spacial score (nSPS) is 12.6. The predicted molar refractivity (Wildman–Crippen MR) is 68.0 cm³/mol. The van der Waals surface area contributed by atoms with Crippen LogP contribution in [-0.2, 0) is 4.79 Å². The van der Waals surface area contributed by atoms with E-state index in [2.05, 4.69) is 47.0 Å². The first kappa shape index (κ1) is 14.6. The van der Waals surface area contributed by atoms with E-state index in [4.69, 9.17) is 0 Å². The van der Waals surface area contributed by atoms with Gasteiger partial charge in [0.2, 0.25) is 5.91 Å². The molecule has 0 heterocycles. The third kappa shape index (κ3) is 6.68. The summed E-state index contributed by atoms with van der Waals surface area (Å²) in [6.45, 7) is 10.3. The van der Waals surface area contributed by atoms with Crippen molar-refractivity contribution in [2.75, 3.05) is 6.54 Å². The molecule has 0 aliphatic heterocycles. The van der Waals surface area contributed by atoms with Gasteiger partial charge in [0.1, 0.15) is 0 Å². The van der Waals surface area contributed by atoms with Gasteiger partial charge < -0.3 is 10.6 Å². The Labute approximate surface area is 101 Å². The van der Waals surface area contributed by atoms with Gasteiger partial charge in [-0.1, -0.05) is 36.4 Å². The van der Waals surface area contributed by atoms with Crippen molar-refractivity contribution in [1.82, 2.24) is 10.6 Å². The maximum absolute atomic E-state index is 11.7. The molecule has 0 rings (SSSR count). The van der Waals surface area contributed by atoms with E-state index in [1.54, 1.807) is 0 Å². The summed E-state index contributed by atoms with van der Waals surface area (Å²) in [4.78, 5) is 11.7. The van der Waals surface area contributed by atoms with Gasteiger partial charge in [0.25, 0.3) is 0 Å². The van der Waals surface area contributed by atoms with E-state index in [1.165, 1.54) is 0 Å². The molecule has 0 spiro atoms. The zero-order chi connectivity index (χ0) is 11.8. The molecule has 1 unspecified atom stereocenters. The maximum atomic E-state index is 11.7. The fraction of sp³-hybridized carbons (Fsp3) is 0.727. The highest BCUT2D eigenvalue weighted by molar-refractivity contribution is 9.11. The largest absolute Gasteiger partial charge is 0.352 e. The SMILES string of the molecule is C=C(Br)CNC(C)C(=O)NC(CC)CC. The first-order valence-electron chi connectivity index (χ1n) is 5.38. The van der Waals surface area contributed by atoms with Crippen LogP contribution in [0.3, 0.4) is 0 Å². The molecule has 0 aromatic heterocycles. The molecular weight excluding hydrogens is 256 g/mol. The number of nitrogens with one attached hydrogen (secondary N) is 2. The highest BCUT2D eigenvalue weighted by Gasteiger charge is 2.14. The molecular formula is C11H21BrN2O. The van der Waals surface area contributed by atoms with E-state index in [-0.39, 0.29) is 18.0 Å². The van der Waals surface area contributed by atoms with Crippen LogP contribution >= 0.6 is 15.9 Å². The lowest BCUT2D eigenvalue weighted by atomic mass is 10.1. The Morgan fingerprint density at radius 3 is 2.33 bits per heavy atom. The summed E-state index contributed by atoms with van der Waals surface area (Å²) in [7, 11) is 0. The second-order valence-corrected chi connectivity index (χ2v) is 4.76. The van der Waals surface area contributed by atoms with E-state index >= 15 is 0 Å². The van der Waals surface area contributed by atoms with E-state index in [0.29, 0.717) is 6.54 Å². The number of amides is 1. The molecule has 0 radical (unpaired) electrons. The summed E-state index contributed by atoms with van der Waals surface area (Å²) in [5.74, 6) is 0.0532. The smallest absolute Gasteiger partial charge is 0.237 e. The molecule has 0 saturated heterocycles. The Balaban J connectivity index is 3.92. The molecule has 1 atom stereocenters. The van der Waals surface area contributed by atoms with E-state index in [0.717, 1.165) is 17.3 Å². The van der Waals surface area contributed by atoms with Crippen LogP contribution in [0.25, 0.3) is 0 Å². The zero-order valence-corrected chi connectivity index (χ0v) is 11.4. The summed E-state index contributed by atoms with van der Waals surface area (Å²) < 4.78 is 0.852. The molecule has 88 valence electrons. The Morgan fingerprint density at radius 2 is 1.93 bits per heavy atom. The number of hydrogen-bond acceptors (Lipinski definition) is 2. The number of carbonyl (C=O) groups excluding carboxylic acids is 1. The molecule has 0 aliphatic rings. The summed E-state index contributed by atoms with van der Waals surface area (Å²) in [6.07, 6.45) is 1.94. The van der Waals surface area contributed by atoms with Crippen LogP contribution < -0.4 is 10.6 Å². The number of carbonyl (C=O) groups is 1. The predicted octanol–water partition coefficient (Wildman–Crippen LogP) is 2.18. The summed E-state index contributed by atoms with van der Waals surface area (Å²) in [5.41, 5.74) is 0. The molecule has 0 fully saturated rings. The fourth-order valence-corrected chi connectivity index (χ4v) is 1.34. The zero-order valence-electron chi connectivity index (χ0n) is 9.77. The van der Waals surface area contributed by atoms with Crippen molar-refractivity contribution >= 4 is 21.8 Å². The Morgan fingerprint density at radius 1 is 1.40 bits per heavy atom. The second-order valence-electron chi connectivity index (χ2n) is 3.64. The van der Waals surface area contributed by atoms with Gasteiger partial charge in [-0.25, -0.2) is 0 Å². The van der Waals surface area contributed by atoms with E-state index in [1.807, 2.05) is 6.92 Å². The number of halogens is 1. The molecule has 4 heteroatoms. The molecule has 2 N–H and O–H groups in total. The lowest BCUT2D eigenvalue weighted by molar-refractivity contribution is -0.123. The van der Waals surface area contributed by atoms with Gasteiger partial charge in [0.05, 0.1) is 6.04 Å². The van der Waals surface area contributed by atoms with Gasteiger partial charge in [-0.3, -0.25) is 4.79 Å². The highest BCUT2D eigenvalue weighted by atomic mass is 79.9. The van der Waals surface area contributed by atoms with Gasteiger partial charge in [-0.2, -0.15) is 0 Å². The minimum atomic E-state index is -0.181. The minimum absolute atomic E-state index is 0.0532. The van der Waals surface area contributed by atoms with Crippen molar-refractivity contribution in [3.8, 4) is 0 Å². The Hall–Kier alpha value is -0.350. The first-order valence-corrected chi connectivity index (χ1v) is 6.17. The average Bonchev–Trinajstić information content (AvgIpc) is 2.21. The van der Waals surface area contributed by atoms with E-state index in [9.17, 15) is 4.79 Å². The van der Waals surface area contributed by atoms with Crippen LogP contribution in [0, 0.1) is 0 Å². The summed E-state index contributed by atoms with van der Waals surface area (Å²) in [5, 5.41) is 6.07. The van der Waals surface area contributed by atoms with Crippen molar-refractivity contribution in [3.63, 3.8) is 0 Å². The van der Waals surface area contributed by atoms with Crippen molar-refractivity contribution in [1.29, 1.82) is 0 Å². The van der Waals surface area contributed by atoms with Gasteiger partial charge >= 0.3 is 0 Å². The molecule has 0 bridgehead atoms. The minimum Gasteiger partial charge on any atom is -0.352 e. The van der Waals surface area contributed by atoms with Crippen molar-refractivity contribution in [2.24, 2.45) is 0 Å². The van der Waals surface area contributed by atoms with Crippen molar-refractivity contribution in [3.05, 3.63) is 11.1 Å². The number of rotatable bonds is 7. The Bertz CT molecular complexity index is 215. The third-order valence-electron chi connectivity index (χ3n) is 2.33.